The van der Waals surface area contributed by atoms with E-state index < -0.39 is 10.0 Å². The molecule has 0 atom stereocenters. The van der Waals surface area contributed by atoms with Gasteiger partial charge in [-0.1, -0.05) is 78.9 Å². The maximum atomic E-state index is 13.4. The van der Waals surface area contributed by atoms with Crippen LogP contribution in [0.3, 0.4) is 0 Å². The molecule has 2 aliphatic rings. The molecule has 0 bridgehead atoms. The fourth-order valence-electron chi connectivity index (χ4n) is 5.97. The zero-order chi connectivity index (χ0) is 29.1. The number of sulfonamides is 1. The van der Waals surface area contributed by atoms with E-state index in [2.05, 4.69) is 53.4 Å². The van der Waals surface area contributed by atoms with Gasteiger partial charge in [-0.3, -0.25) is 14.0 Å². The van der Waals surface area contributed by atoms with Crippen molar-refractivity contribution in [3.8, 4) is 5.75 Å². The Labute approximate surface area is 248 Å². The average Bonchev–Trinajstić information content (AvgIpc) is 3.47. The largest absolute Gasteiger partial charge is 0.483 e. The number of piperazine rings is 1. The number of carbonyl (C=O) groups excluding carboxylic acids is 1. The van der Waals surface area contributed by atoms with Gasteiger partial charge in [0.1, 0.15) is 5.75 Å². The van der Waals surface area contributed by atoms with Crippen molar-refractivity contribution in [3.63, 3.8) is 0 Å². The van der Waals surface area contributed by atoms with E-state index in [1.54, 1.807) is 18.2 Å². The van der Waals surface area contributed by atoms with Crippen LogP contribution in [0, 0.1) is 6.92 Å². The lowest BCUT2D eigenvalue weighted by atomic mass is 9.96. The number of hydrogen-bond acceptors (Lipinski definition) is 5. The van der Waals surface area contributed by atoms with Crippen molar-refractivity contribution in [1.29, 1.82) is 0 Å². The molecule has 42 heavy (non-hydrogen) atoms. The number of fused-ring (bicyclic) bond motifs is 1. The summed E-state index contributed by atoms with van der Waals surface area (Å²) in [4.78, 5) is 17.6. The minimum atomic E-state index is -3.69. The molecule has 0 N–H and O–H groups in total. The molecule has 1 amide bonds. The van der Waals surface area contributed by atoms with Crippen molar-refractivity contribution >= 4 is 21.6 Å². The third kappa shape index (κ3) is 5.65. The molecular weight excluding hydrogens is 546 g/mol. The smallest absolute Gasteiger partial charge is 0.264 e. The molecule has 1 fully saturated rings. The number of nitrogens with zero attached hydrogens (tertiary/aromatic N) is 3. The lowest BCUT2D eigenvalue weighted by Gasteiger charge is -2.39. The number of ether oxygens (including phenoxy) is 1. The summed E-state index contributed by atoms with van der Waals surface area (Å²) in [6.07, 6.45) is 0.700. The fraction of sp³-hybridized carbons (Fsp3) is 0.265. The number of rotatable bonds is 8. The Morgan fingerprint density at radius 2 is 1.40 bits per heavy atom. The van der Waals surface area contributed by atoms with Gasteiger partial charge < -0.3 is 9.64 Å². The van der Waals surface area contributed by atoms with Crippen LogP contribution in [0.1, 0.15) is 28.3 Å². The monoisotopic (exact) mass is 581 g/mol. The Kier molecular flexibility index (Phi) is 8.00. The summed E-state index contributed by atoms with van der Waals surface area (Å²) in [5, 5.41) is 0. The molecule has 8 heteroatoms. The van der Waals surface area contributed by atoms with Crippen LogP contribution < -0.4 is 9.04 Å². The molecule has 0 radical (unpaired) electrons. The third-order valence-electron chi connectivity index (χ3n) is 8.19. The Morgan fingerprint density at radius 3 is 2.05 bits per heavy atom. The quantitative estimate of drug-likeness (QED) is 0.291. The van der Waals surface area contributed by atoms with E-state index in [1.807, 2.05) is 48.2 Å². The van der Waals surface area contributed by atoms with Crippen molar-refractivity contribution in [2.45, 2.75) is 24.3 Å². The average molecular weight is 582 g/mol. The number of para-hydroxylation sites is 1. The Hall–Kier alpha value is -4.14. The first kappa shape index (κ1) is 28.0. The summed E-state index contributed by atoms with van der Waals surface area (Å²) in [5.41, 5.74) is 4.92. The molecule has 216 valence electrons. The van der Waals surface area contributed by atoms with Crippen molar-refractivity contribution < 1.29 is 17.9 Å². The Balaban J connectivity index is 1.07. The van der Waals surface area contributed by atoms with Gasteiger partial charge in [-0.15, -0.1) is 0 Å². The highest BCUT2D eigenvalue weighted by Gasteiger charge is 2.31. The Morgan fingerprint density at radius 1 is 0.786 bits per heavy atom. The molecule has 7 nitrogen and oxygen atoms in total. The van der Waals surface area contributed by atoms with E-state index in [4.69, 9.17) is 4.74 Å². The van der Waals surface area contributed by atoms with Gasteiger partial charge in [0.25, 0.3) is 15.9 Å². The van der Waals surface area contributed by atoms with Gasteiger partial charge in [-0.25, -0.2) is 8.42 Å². The van der Waals surface area contributed by atoms with Gasteiger partial charge in [0.15, 0.2) is 6.61 Å². The highest BCUT2D eigenvalue weighted by molar-refractivity contribution is 7.92. The molecule has 2 heterocycles. The van der Waals surface area contributed by atoms with Crippen LogP contribution >= 0.6 is 0 Å². The lowest BCUT2D eigenvalue weighted by molar-refractivity contribution is -0.135. The molecule has 0 aromatic heterocycles. The number of benzene rings is 4. The van der Waals surface area contributed by atoms with Crippen LogP contribution in [-0.2, 0) is 21.2 Å². The molecule has 0 saturated carbocycles. The lowest BCUT2D eigenvalue weighted by Crippen LogP contribution is -2.51. The van der Waals surface area contributed by atoms with E-state index in [1.165, 1.54) is 15.4 Å². The summed E-state index contributed by atoms with van der Waals surface area (Å²) < 4.78 is 34.2. The van der Waals surface area contributed by atoms with E-state index in [0.717, 1.165) is 24.3 Å². The molecule has 4 aromatic rings. The summed E-state index contributed by atoms with van der Waals surface area (Å²) in [6.45, 7) is 4.89. The molecule has 0 aliphatic carbocycles. The van der Waals surface area contributed by atoms with Crippen LogP contribution in [0.25, 0.3) is 0 Å². The molecule has 0 unspecified atom stereocenters. The molecule has 0 spiro atoms. The normalized spacial score (nSPS) is 15.6. The number of carbonyl (C=O) groups is 1. The zero-order valence-electron chi connectivity index (χ0n) is 23.7. The number of amides is 1. The number of anilines is 1. The van der Waals surface area contributed by atoms with Crippen LogP contribution in [0.2, 0.25) is 0 Å². The zero-order valence-corrected chi connectivity index (χ0v) is 24.5. The number of aryl methyl sites for hydroxylation is 1. The Bertz CT molecular complexity index is 1610. The highest BCUT2D eigenvalue weighted by Crippen LogP contribution is 2.34. The molecule has 2 aliphatic heterocycles. The van der Waals surface area contributed by atoms with Gasteiger partial charge in [-0.05, 0) is 59.9 Å². The predicted molar refractivity (Wildman–Crippen MR) is 164 cm³/mol. The minimum Gasteiger partial charge on any atom is -0.483 e. The van der Waals surface area contributed by atoms with E-state index in [9.17, 15) is 13.2 Å². The minimum absolute atomic E-state index is 0.0737. The third-order valence-corrected chi connectivity index (χ3v) is 10.0. The predicted octanol–water partition coefficient (Wildman–Crippen LogP) is 5.06. The maximum absolute atomic E-state index is 13.4. The van der Waals surface area contributed by atoms with Gasteiger partial charge in [0, 0.05) is 32.7 Å². The SMILES string of the molecule is Cc1cc(S(=O)(=O)N2CCc3ccccc32)ccc1OCC(=O)N1CCN(C(c2ccccc2)c2ccccc2)CC1. The standard InChI is InChI=1S/C34H35N3O4S/c1-26-24-30(42(39,40)37-19-18-27-10-8-9-15-31(27)37)16-17-32(26)41-25-33(38)35-20-22-36(23-21-35)34(28-11-4-2-5-12-28)29-13-6-3-7-14-29/h2-17,24,34H,18-23,25H2,1H3. The first-order valence-electron chi connectivity index (χ1n) is 14.4. The second-order valence-corrected chi connectivity index (χ2v) is 12.7. The first-order chi connectivity index (χ1) is 20.4. The highest BCUT2D eigenvalue weighted by atomic mass is 32.2. The van der Waals surface area contributed by atoms with Gasteiger partial charge in [-0.2, -0.15) is 0 Å². The van der Waals surface area contributed by atoms with Crippen molar-refractivity contribution in [2.75, 3.05) is 43.6 Å². The summed E-state index contributed by atoms with van der Waals surface area (Å²) in [7, 11) is -3.69. The second kappa shape index (κ2) is 12.0. The van der Waals surface area contributed by atoms with E-state index in [0.29, 0.717) is 37.4 Å². The first-order valence-corrected chi connectivity index (χ1v) is 15.8. The van der Waals surface area contributed by atoms with Crippen LogP contribution in [-0.4, -0.2) is 63.5 Å². The summed E-state index contributed by atoms with van der Waals surface area (Å²) >= 11 is 0. The topological polar surface area (TPSA) is 70.2 Å². The van der Waals surface area contributed by atoms with Crippen LogP contribution in [0.5, 0.6) is 5.75 Å². The van der Waals surface area contributed by atoms with Crippen molar-refractivity contribution in [1.82, 2.24) is 9.80 Å². The molecule has 6 rings (SSSR count). The second-order valence-electron chi connectivity index (χ2n) is 10.8. The number of hydrogen-bond donors (Lipinski definition) is 0. The maximum Gasteiger partial charge on any atom is 0.264 e. The molecule has 1 saturated heterocycles. The summed E-state index contributed by atoms with van der Waals surface area (Å²) in [6, 6.07) is 33.5. The van der Waals surface area contributed by atoms with Crippen LogP contribution in [0.4, 0.5) is 5.69 Å². The van der Waals surface area contributed by atoms with Crippen LogP contribution in [0.15, 0.2) is 108 Å². The fourth-order valence-corrected chi connectivity index (χ4v) is 7.56. The molecular formula is C34H35N3O4S. The molecule has 4 aromatic carbocycles. The van der Waals surface area contributed by atoms with E-state index >= 15 is 0 Å². The van der Waals surface area contributed by atoms with Gasteiger partial charge in [0.2, 0.25) is 0 Å². The van der Waals surface area contributed by atoms with Gasteiger partial charge in [0.05, 0.1) is 16.6 Å². The van der Waals surface area contributed by atoms with Crippen molar-refractivity contribution in [3.05, 3.63) is 125 Å². The van der Waals surface area contributed by atoms with Crippen molar-refractivity contribution in [2.24, 2.45) is 0 Å². The van der Waals surface area contributed by atoms with E-state index in [-0.39, 0.29) is 23.5 Å². The summed E-state index contributed by atoms with van der Waals surface area (Å²) in [5.74, 6) is 0.436. The van der Waals surface area contributed by atoms with Gasteiger partial charge >= 0.3 is 0 Å².